The van der Waals surface area contributed by atoms with Crippen LogP contribution in [-0.4, -0.2) is 0 Å². The third kappa shape index (κ3) is 2.43. The normalized spacial score (nSPS) is 21.2. The Hall–Kier alpha value is -2.94. The number of hydrogen-bond donors (Lipinski definition) is 0. The Bertz CT molecular complexity index is 1130. The van der Waals surface area contributed by atoms with Crippen molar-refractivity contribution in [3.05, 3.63) is 79.9 Å². The van der Waals surface area contributed by atoms with Crippen molar-refractivity contribution in [2.45, 2.75) is 23.7 Å². The largest absolute Gasteiger partial charge is 0.304 e. The highest BCUT2D eigenvalue weighted by Crippen LogP contribution is 2.68. The van der Waals surface area contributed by atoms with Crippen molar-refractivity contribution in [1.82, 2.24) is 0 Å². The minimum absolute atomic E-state index is 3.23. The standard InChI is InChI=1S/C18F16/c19-5-1-2(6(20)10(24)9(5)23)16(29,30)14-13(15(1,27)28)17(31,32)3-4(18(14,33)34)8(22)12(26)11(25)7(3)21. The third-order valence-corrected chi connectivity index (χ3v) is 5.30. The summed E-state index contributed by atoms with van der Waals surface area (Å²) in [5, 5.41) is 0. The molecule has 0 spiro atoms. The van der Waals surface area contributed by atoms with E-state index in [-0.39, 0.29) is 0 Å². The van der Waals surface area contributed by atoms with Gasteiger partial charge in [0.1, 0.15) is 0 Å². The molecular formula is C18F16. The molecule has 0 bridgehead atoms. The molecule has 4 rings (SSSR count). The second-order valence-corrected chi connectivity index (χ2v) is 7.06. The van der Waals surface area contributed by atoms with Gasteiger partial charge >= 0.3 is 23.7 Å². The maximum absolute atomic E-state index is 14.9. The van der Waals surface area contributed by atoms with Crippen LogP contribution in [0.4, 0.5) is 70.2 Å². The van der Waals surface area contributed by atoms with Crippen molar-refractivity contribution >= 4 is 0 Å². The summed E-state index contributed by atoms with van der Waals surface area (Å²) in [6, 6.07) is 0. The van der Waals surface area contributed by atoms with Crippen molar-refractivity contribution in [3.8, 4) is 0 Å². The number of alkyl halides is 8. The monoisotopic (exact) mass is 520 g/mol. The molecule has 0 radical (unpaired) electrons. The van der Waals surface area contributed by atoms with Gasteiger partial charge in [0.2, 0.25) is 0 Å². The Morgan fingerprint density at radius 2 is 0.412 bits per heavy atom. The molecule has 0 unspecified atom stereocenters. The van der Waals surface area contributed by atoms with E-state index in [0.717, 1.165) is 0 Å². The van der Waals surface area contributed by atoms with Crippen LogP contribution in [0.2, 0.25) is 0 Å². The van der Waals surface area contributed by atoms with E-state index in [1.54, 1.807) is 0 Å². The molecule has 0 aromatic heterocycles. The SMILES string of the molecule is Fc1c(F)c(F)c2c(c1F)C(F)(F)C1=C(C2(F)F)C(F)(F)c2c(F)c(F)c(F)c(F)c2C1(F)F. The van der Waals surface area contributed by atoms with Gasteiger partial charge in [0.25, 0.3) is 0 Å². The molecule has 0 fully saturated rings. The Morgan fingerprint density at radius 3 is 0.559 bits per heavy atom. The van der Waals surface area contributed by atoms with Crippen molar-refractivity contribution in [3.63, 3.8) is 0 Å². The number of benzene rings is 2. The van der Waals surface area contributed by atoms with Crippen LogP contribution < -0.4 is 0 Å². The molecule has 34 heavy (non-hydrogen) atoms. The highest BCUT2D eigenvalue weighted by atomic mass is 19.3. The topological polar surface area (TPSA) is 0 Å². The molecule has 0 amide bonds. The predicted molar refractivity (Wildman–Crippen MR) is 75.1 cm³/mol. The van der Waals surface area contributed by atoms with Gasteiger partial charge in [0.15, 0.2) is 46.5 Å². The minimum Gasteiger partial charge on any atom is -0.203 e. The molecule has 0 N–H and O–H groups in total. The second kappa shape index (κ2) is 6.38. The van der Waals surface area contributed by atoms with Crippen molar-refractivity contribution in [2.24, 2.45) is 0 Å². The van der Waals surface area contributed by atoms with Crippen molar-refractivity contribution < 1.29 is 70.2 Å². The van der Waals surface area contributed by atoms with E-state index in [0.29, 0.717) is 0 Å². The molecule has 0 saturated carbocycles. The molecule has 2 aromatic carbocycles. The summed E-state index contributed by atoms with van der Waals surface area (Å²) in [4.78, 5) is 0. The number of halogens is 16. The zero-order valence-corrected chi connectivity index (χ0v) is 15.0. The van der Waals surface area contributed by atoms with Gasteiger partial charge in [-0.25, -0.2) is 35.1 Å². The fourth-order valence-electron chi connectivity index (χ4n) is 3.96. The van der Waals surface area contributed by atoms with Gasteiger partial charge in [-0.2, -0.15) is 35.1 Å². The summed E-state index contributed by atoms with van der Waals surface area (Å²) in [7, 11) is 0. The Balaban J connectivity index is 2.30. The van der Waals surface area contributed by atoms with Crippen molar-refractivity contribution in [2.75, 3.05) is 0 Å². The lowest BCUT2D eigenvalue weighted by atomic mass is 9.68. The number of rotatable bonds is 0. The first-order valence-corrected chi connectivity index (χ1v) is 8.27. The predicted octanol–water partition coefficient (Wildman–Crippen LogP) is 7.19. The van der Waals surface area contributed by atoms with Crippen LogP contribution in [0.3, 0.4) is 0 Å². The molecule has 0 heterocycles. The average molecular weight is 520 g/mol. The van der Waals surface area contributed by atoms with E-state index in [2.05, 4.69) is 0 Å². The van der Waals surface area contributed by atoms with Crippen LogP contribution >= 0.6 is 0 Å². The van der Waals surface area contributed by atoms with Crippen LogP contribution in [0.1, 0.15) is 22.3 Å². The summed E-state index contributed by atoms with van der Waals surface area (Å²) in [6.45, 7) is 0. The van der Waals surface area contributed by atoms with E-state index in [4.69, 9.17) is 0 Å². The lowest BCUT2D eigenvalue weighted by molar-refractivity contribution is -0.124. The average Bonchev–Trinajstić information content (AvgIpc) is 2.70. The smallest absolute Gasteiger partial charge is 0.203 e. The maximum Gasteiger partial charge on any atom is 0.304 e. The maximum atomic E-state index is 14.9. The first-order chi connectivity index (χ1) is 15.3. The molecule has 16 heteroatoms. The molecule has 0 atom stereocenters. The highest BCUT2D eigenvalue weighted by Gasteiger charge is 2.74. The first kappa shape index (κ1) is 24.2. The van der Waals surface area contributed by atoms with Gasteiger partial charge in [-0.1, -0.05) is 0 Å². The highest BCUT2D eigenvalue weighted by molar-refractivity contribution is 5.63. The second-order valence-electron chi connectivity index (χ2n) is 7.06. The summed E-state index contributed by atoms with van der Waals surface area (Å²) >= 11 is 0. The molecule has 0 nitrogen and oxygen atoms in total. The van der Waals surface area contributed by atoms with Gasteiger partial charge in [0, 0.05) is 0 Å². The molecule has 2 aliphatic rings. The van der Waals surface area contributed by atoms with Crippen molar-refractivity contribution in [1.29, 1.82) is 0 Å². The van der Waals surface area contributed by atoms with E-state index < -0.39 is 104 Å². The number of hydrogen-bond acceptors (Lipinski definition) is 0. The zero-order valence-electron chi connectivity index (χ0n) is 15.0. The minimum atomic E-state index is -6.27. The summed E-state index contributed by atoms with van der Waals surface area (Å²) < 4.78 is 229. The number of fused-ring (bicyclic) bond motifs is 2. The summed E-state index contributed by atoms with van der Waals surface area (Å²) in [6.07, 6.45) is 0. The Morgan fingerprint density at radius 1 is 0.265 bits per heavy atom. The van der Waals surface area contributed by atoms with Gasteiger partial charge in [-0.05, 0) is 0 Å². The van der Waals surface area contributed by atoms with Crippen LogP contribution in [0.25, 0.3) is 0 Å². The van der Waals surface area contributed by atoms with Crippen LogP contribution in [-0.2, 0) is 23.7 Å². The van der Waals surface area contributed by atoms with E-state index in [9.17, 15) is 70.2 Å². The summed E-state index contributed by atoms with van der Waals surface area (Å²) in [5.74, 6) is -51.6. The zero-order chi connectivity index (χ0) is 26.1. The van der Waals surface area contributed by atoms with E-state index in [1.807, 2.05) is 0 Å². The molecule has 2 aliphatic carbocycles. The fraction of sp³-hybridized carbons (Fsp3) is 0.222. The quantitative estimate of drug-likeness (QED) is 0.149. The van der Waals surface area contributed by atoms with Gasteiger partial charge in [-0.3, -0.25) is 0 Å². The number of allylic oxidation sites excluding steroid dienone is 2. The lowest BCUT2D eigenvalue weighted by Crippen LogP contribution is -2.50. The Labute approximate surface area is 175 Å². The molecular weight excluding hydrogens is 520 g/mol. The fourth-order valence-corrected chi connectivity index (χ4v) is 3.96. The van der Waals surface area contributed by atoms with Gasteiger partial charge in [-0.15, -0.1) is 0 Å². The van der Waals surface area contributed by atoms with E-state index >= 15 is 0 Å². The van der Waals surface area contributed by atoms with Gasteiger partial charge < -0.3 is 0 Å². The van der Waals surface area contributed by atoms with E-state index in [1.165, 1.54) is 0 Å². The van der Waals surface area contributed by atoms with Crippen LogP contribution in [0, 0.1) is 46.5 Å². The molecule has 2 aromatic rings. The molecule has 0 aliphatic heterocycles. The lowest BCUT2D eigenvalue weighted by Gasteiger charge is -2.44. The third-order valence-electron chi connectivity index (χ3n) is 5.30. The molecule has 0 saturated heterocycles. The van der Waals surface area contributed by atoms with Crippen LogP contribution in [0.15, 0.2) is 11.1 Å². The molecule has 184 valence electrons. The summed E-state index contributed by atoms with van der Waals surface area (Å²) in [5.41, 5.74) is -21.2. The van der Waals surface area contributed by atoms with Crippen LogP contribution in [0.5, 0.6) is 0 Å². The van der Waals surface area contributed by atoms with Gasteiger partial charge in [0.05, 0.1) is 33.4 Å². The Kier molecular flexibility index (Phi) is 4.54. The first-order valence-electron chi connectivity index (χ1n) is 8.27.